The number of amides is 1. The van der Waals surface area contributed by atoms with Crippen LogP contribution < -0.4 is 5.32 Å². The van der Waals surface area contributed by atoms with Gasteiger partial charge in [-0.25, -0.2) is 4.98 Å². The first-order chi connectivity index (χ1) is 23.3. The van der Waals surface area contributed by atoms with Gasteiger partial charge in [-0.15, -0.1) is 11.3 Å². The standard InChI is InChI=1S/C38H38N2O6S2/c1-23-33(22-47-38-40-32-9-4-5-10-34(32)48-38)45-37(46-35(23)29-13-11-26(21-41)12-14-29)30-17-15-28(16-18-30)31-8-6-7-27(19-31)20-39-36(43)24(2)44-25(3)42/h4-19,23-24,33,35,37,41H,20-22H2,1-3H3,(H,39,43). The average Bonchev–Trinajstić information content (AvgIpc) is 3.53. The van der Waals surface area contributed by atoms with Gasteiger partial charge in [0, 0.05) is 30.7 Å². The van der Waals surface area contributed by atoms with Gasteiger partial charge in [-0.3, -0.25) is 9.59 Å². The predicted octanol–water partition coefficient (Wildman–Crippen LogP) is 7.61. The molecule has 2 heterocycles. The van der Waals surface area contributed by atoms with Crippen molar-refractivity contribution < 1.29 is 28.9 Å². The lowest BCUT2D eigenvalue weighted by Gasteiger charge is -2.41. The van der Waals surface area contributed by atoms with Gasteiger partial charge in [0.25, 0.3) is 5.91 Å². The molecule has 0 aliphatic carbocycles. The number of aromatic nitrogens is 1. The summed E-state index contributed by atoms with van der Waals surface area (Å²) in [5.41, 5.74) is 6.78. The van der Waals surface area contributed by atoms with Gasteiger partial charge in [0.15, 0.2) is 16.7 Å². The molecule has 1 aliphatic rings. The van der Waals surface area contributed by atoms with Gasteiger partial charge >= 0.3 is 5.97 Å². The van der Waals surface area contributed by atoms with Crippen molar-refractivity contribution in [3.63, 3.8) is 0 Å². The molecule has 5 atom stereocenters. The number of carbonyl (C=O) groups is 2. The summed E-state index contributed by atoms with van der Waals surface area (Å²) in [7, 11) is 0. The molecule has 1 amide bonds. The Hall–Kier alpha value is -4.06. The molecule has 5 unspecified atom stereocenters. The molecule has 1 aliphatic heterocycles. The highest BCUT2D eigenvalue weighted by atomic mass is 32.2. The van der Waals surface area contributed by atoms with Crippen molar-refractivity contribution >= 4 is 45.2 Å². The number of ether oxygens (including phenoxy) is 3. The van der Waals surface area contributed by atoms with Crippen LogP contribution in [-0.2, 0) is 37.0 Å². The van der Waals surface area contributed by atoms with E-state index in [9.17, 15) is 14.7 Å². The molecule has 1 fully saturated rings. The third-order valence-electron chi connectivity index (χ3n) is 8.39. The number of thiazole rings is 1. The SMILES string of the molecule is CC(=O)OC(C)C(=O)NCc1cccc(-c2ccc(C3OC(CSc4nc5ccccc5s4)C(C)C(c4ccc(CO)cc4)O3)cc2)c1. The highest BCUT2D eigenvalue weighted by Crippen LogP contribution is 2.43. The Morgan fingerprint density at radius 2 is 1.69 bits per heavy atom. The molecular formula is C38H38N2O6S2. The molecule has 8 nitrogen and oxygen atoms in total. The molecule has 0 radical (unpaired) electrons. The van der Waals surface area contributed by atoms with E-state index >= 15 is 0 Å². The second kappa shape index (κ2) is 15.4. The number of nitrogens with one attached hydrogen (secondary N) is 1. The number of rotatable bonds is 11. The number of hydrogen-bond acceptors (Lipinski definition) is 9. The molecule has 4 aromatic carbocycles. The van der Waals surface area contributed by atoms with Crippen LogP contribution in [0.2, 0.25) is 0 Å². The summed E-state index contributed by atoms with van der Waals surface area (Å²) in [5.74, 6) is -0.0378. The fourth-order valence-corrected chi connectivity index (χ4v) is 7.96. The maximum atomic E-state index is 12.3. The minimum absolute atomic E-state index is 0.00624. The Labute approximate surface area is 288 Å². The zero-order valence-electron chi connectivity index (χ0n) is 27.0. The molecule has 0 saturated carbocycles. The molecule has 1 saturated heterocycles. The van der Waals surface area contributed by atoms with Crippen molar-refractivity contribution in [3.8, 4) is 11.1 Å². The second-order valence-corrected chi connectivity index (χ2v) is 14.2. The molecule has 6 rings (SSSR count). The van der Waals surface area contributed by atoms with Crippen LogP contribution in [0.4, 0.5) is 0 Å². The van der Waals surface area contributed by atoms with E-state index in [0.717, 1.165) is 49.0 Å². The first-order valence-corrected chi connectivity index (χ1v) is 17.7. The zero-order chi connectivity index (χ0) is 33.6. The number of esters is 1. The smallest absolute Gasteiger partial charge is 0.303 e. The van der Waals surface area contributed by atoms with E-state index in [1.165, 1.54) is 11.6 Å². The molecule has 1 aromatic heterocycles. The lowest BCUT2D eigenvalue weighted by molar-refractivity contribution is -0.268. The monoisotopic (exact) mass is 682 g/mol. The van der Waals surface area contributed by atoms with Gasteiger partial charge in [0.05, 0.1) is 29.0 Å². The summed E-state index contributed by atoms with van der Waals surface area (Å²) in [6.45, 7) is 5.31. The number of fused-ring (bicyclic) bond motifs is 1. The summed E-state index contributed by atoms with van der Waals surface area (Å²) >= 11 is 3.41. The van der Waals surface area contributed by atoms with Crippen LogP contribution in [0, 0.1) is 5.92 Å². The van der Waals surface area contributed by atoms with Crippen LogP contribution >= 0.6 is 23.1 Å². The van der Waals surface area contributed by atoms with E-state index in [-0.39, 0.29) is 30.6 Å². The Kier molecular flexibility index (Phi) is 10.9. The van der Waals surface area contributed by atoms with E-state index in [2.05, 4.69) is 30.4 Å². The van der Waals surface area contributed by atoms with Gasteiger partial charge in [0.1, 0.15) is 0 Å². The number of para-hydroxylation sites is 1. The van der Waals surface area contributed by atoms with Crippen molar-refractivity contribution in [2.75, 3.05) is 5.75 Å². The normalized spacial score (nSPS) is 19.9. The number of benzene rings is 4. The summed E-state index contributed by atoms with van der Waals surface area (Å²) in [6.07, 6.45) is -1.72. The van der Waals surface area contributed by atoms with Crippen LogP contribution in [-0.4, -0.2) is 39.9 Å². The topological polar surface area (TPSA) is 107 Å². The number of thioether (sulfide) groups is 1. The predicted molar refractivity (Wildman–Crippen MR) is 188 cm³/mol. The zero-order valence-corrected chi connectivity index (χ0v) is 28.6. The van der Waals surface area contributed by atoms with Crippen LogP contribution in [0.3, 0.4) is 0 Å². The number of aliphatic hydroxyl groups is 1. The molecule has 0 spiro atoms. The highest BCUT2D eigenvalue weighted by Gasteiger charge is 2.38. The Morgan fingerprint density at radius 1 is 0.938 bits per heavy atom. The average molecular weight is 683 g/mol. The lowest BCUT2D eigenvalue weighted by atomic mass is 9.91. The van der Waals surface area contributed by atoms with E-state index in [4.69, 9.17) is 19.2 Å². The van der Waals surface area contributed by atoms with Gasteiger partial charge in [-0.1, -0.05) is 97.5 Å². The summed E-state index contributed by atoms with van der Waals surface area (Å²) in [5, 5.41) is 12.4. The maximum absolute atomic E-state index is 12.3. The summed E-state index contributed by atoms with van der Waals surface area (Å²) in [4.78, 5) is 28.3. The minimum atomic E-state index is -0.851. The molecule has 48 heavy (non-hydrogen) atoms. The van der Waals surface area contributed by atoms with Gasteiger partial charge < -0.3 is 24.6 Å². The first-order valence-electron chi connectivity index (χ1n) is 15.9. The van der Waals surface area contributed by atoms with Crippen LogP contribution in [0.1, 0.15) is 55.4 Å². The fraction of sp³-hybridized carbons (Fsp3) is 0.289. The van der Waals surface area contributed by atoms with Gasteiger partial charge in [-0.05, 0) is 52.9 Å². The third kappa shape index (κ3) is 8.14. The van der Waals surface area contributed by atoms with Crippen LogP contribution in [0.15, 0.2) is 101 Å². The fourth-order valence-electron chi connectivity index (χ4n) is 5.71. The molecule has 248 valence electrons. The second-order valence-electron chi connectivity index (χ2n) is 11.9. The Morgan fingerprint density at radius 3 is 2.42 bits per heavy atom. The van der Waals surface area contributed by atoms with Crippen LogP contribution in [0.5, 0.6) is 0 Å². The quantitative estimate of drug-likeness (QED) is 0.108. The molecule has 5 aromatic rings. The van der Waals surface area contributed by atoms with Crippen molar-refractivity contribution in [2.45, 2.75) is 62.9 Å². The molecule has 0 bridgehead atoms. The van der Waals surface area contributed by atoms with Crippen molar-refractivity contribution in [2.24, 2.45) is 5.92 Å². The maximum Gasteiger partial charge on any atom is 0.303 e. The van der Waals surface area contributed by atoms with E-state index in [1.807, 2.05) is 78.9 Å². The largest absolute Gasteiger partial charge is 0.453 e. The van der Waals surface area contributed by atoms with E-state index in [0.29, 0.717) is 6.54 Å². The number of aliphatic hydroxyl groups excluding tert-OH is 1. The van der Waals surface area contributed by atoms with Gasteiger partial charge in [0.2, 0.25) is 0 Å². The van der Waals surface area contributed by atoms with E-state index < -0.39 is 18.4 Å². The first kappa shape index (κ1) is 33.8. The Bertz CT molecular complexity index is 1830. The minimum Gasteiger partial charge on any atom is -0.453 e. The number of hydrogen-bond donors (Lipinski definition) is 2. The van der Waals surface area contributed by atoms with Crippen molar-refractivity contribution in [1.82, 2.24) is 10.3 Å². The third-order valence-corrected chi connectivity index (χ3v) is 10.7. The molecule has 10 heteroatoms. The number of carbonyl (C=O) groups excluding carboxylic acids is 2. The lowest BCUT2D eigenvalue weighted by Crippen LogP contribution is -2.38. The Balaban J connectivity index is 1.18. The number of nitrogens with zero attached hydrogens (tertiary/aromatic N) is 1. The van der Waals surface area contributed by atoms with Gasteiger partial charge in [-0.2, -0.15) is 0 Å². The summed E-state index contributed by atoms with van der Waals surface area (Å²) < 4.78 is 20.5. The summed E-state index contributed by atoms with van der Waals surface area (Å²) in [6, 6.07) is 32.3. The van der Waals surface area contributed by atoms with Crippen LogP contribution in [0.25, 0.3) is 21.3 Å². The van der Waals surface area contributed by atoms with Crippen molar-refractivity contribution in [3.05, 3.63) is 119 Å². The molecule has 2 N–H and O–H groups in total. The highest BCUT2D eigenvalue weighted by molar-refractivity contribution is 8.01. The molecular weight excluding hydrogens is 645 g/mol. The van der Waals surface area contributed by atoms with Crippen molar-refractivity contribution in [1.29, 1.82) is 0 Å². The van der Waals surface area contributed by atoms with E-state index in [1.54, 1.807) is 30.0 Å².